The van der Waals surface area contributed by atoms with Crippen LogP contribution in [0.25, 0.3) is 0 Å². The number of alkyl halides is 3. The van der Waals surface area contributed by atoms with Crippen LogP contribution in [-0.4, -0.2) is 12.5 Å². The van der Waals surface area contributed by atoms with Crippen molar-refractivity contribution in [2.45, 2.75) is 26.4 Å². The molecule has 0 aliphatic heterocycles. The normalized spacial score (nSPS) is 11.7. The molecule has 0 saturated carbocycles. The van der Waals surface area contributed by atoms with Gasteiger partial charge in [-0.1, -0.05) is 26.0 Å². The Balaban J connectivity index is 2.47. The van der Waals surface area contributed by atoms with Gasteiger partial charge in [-0.3, -0.25) is 4.79 Å². The third kappa shape index (κ3) is 4.39. The van der Waals surface area contributed by atoms with Crippen LogP contribution in [0.3, 0.4) is 0 Å². The molecule has 1 aromatic carbocycles. The number of carbonyl (C=O) groups excluding carboxylic acids is 1. The topological polar surface area (TPSA) is 29.1 Å². The van der Waals surface area contributed by atoms with E-state index in [-0.39, 0.29) is 11.8 Å². The minimum absolute atomic E-state index is 0.0538. The van der Waals surface area contributed by atoms with E-state index in [9.17, 15) is 18.0 Å². The van der Waals surface area contributed by atoms with Gasteiger partial charge in [0.25, 0.3) is 0 Å². The highest BCUT2D eigenvalue weighted by atomic mass is 19.4. The van der Waals surface area contributed by atoms with Gasteiger partial charge in [-0.05, 0) is 24.1 Å². The standard InChI is InChI=1S/C13H16F3NO/c1-9(2)12(18)17-8-7-10-3-5-11(6-4-10)13(14,15)16/h3-6,9H,7-8H2,1-2H3,(H,17,18). The largest absolute Gasteiger partial charge is 0.416 e. The summed E-state index contributed by atoms with van der Waals surface area (Å²) in [6, 6.07) is 4.98. The SMILES string of the molecule is CC(C)C(=O)NCCc1ccc(C(F)(F)F)cc1. The smallest absolute Gasteiger partial charge is 0.356 e. The fraction of sp³-hybridized carbons (Fsp3) is 0.462. The molecule has 0 aromatic heterocycles. The number of carbonyl (C=O) groups is 1. The second kappa shape index (κ2) is 5.89. The highest BCUT2D eigenvalue weighted by Gasteiger charge is 2.29. The highest BCUT2D eigenvalue weighted by Crippen LogP contribution is 2.29. The first-order chi connectivity index (χ1) is 8.30. The van der Waals surface area contributed by atoms with Crippen molar-refractivity contribution < 1.29 is 18.0 Å². The molecule has 2 nitrogen and oxygen atoms in total. The van der Waals surface area contributed by atoms with E-state index in [0.717, 1.165) is 17.7 Å². The quantitative estimate of drug-likeness (QED) is 0.884. The fourth-order valence-corrected chi connectivity index (χ4v) is 1.39. The molecule has 18 heavy (non-hydrogen) atoms. The molecule has 0 aliphatic rings. The molecule has 1 amide bonds. The van der Waals surface area contributed by atoms with Crippen molar-refractivity contribution in [2.24, 2.45) is 5.92 Å². The van der Waals surface area contributed by atoms with Crippen LogP contribution >= 0.6 is 0 Å². The van der Waals surface area contributed by atoms with Crippen molar-refractivity contribution in [2.75, 3.05) is 6.54 Å². The van der Waals surface area contributed by atoms with Crippen LogP contribution in [-0.2, 0) is 17.4 Å². The zero-order valence-electron chi connectivity index (χ0n) is 10.3. The molecule has 100 valence electrons. The summed E-state index contributed by atoms with van der Waals surface area (Å²) in [6.07, 6.45) is -3.78. The average molecular weight is 259 g/mol. The van der Waals surface area contributed by atoms with Crippen molar-refractivity contribution in [3.05, 3.63) is 35.4 Å². The lowest BCUT2D eigenvalue weighted by molar-refractivity contribution is -0.137. The van der Waals surface area contributed by atoms with Crippen molar-refractivity contribution >= 4 is 5.91 Å². The first-order valence-electron chi connectivity index (χ1n) is 5.74. The Labute approximate surface area is 104 Å². The Bertz CT molecular complexity index is 396. The number of hydrogen-bond donors (Lipinski definition) is 1. The molecule has 1 aromatic rings. The van der Waals surface area contributed by atoms with Gasteiger partial charge in [-0.15, -0.1) is 0 Å². The van der Waals surface area contributed by atoms with Crippen LogP contribution < -0.4 is 5.32 Å². The molecular formula is C13H16F3NO. The predicted octanol–water partition coefficient (Wildman–Crippen LogP) is 3.02. The molecule has 0 spiro atoms. The Morgan fingerprint density at radius 2 is 1.78 bits per heavy atom. The lowest BCUT2D eigenvalue weighted by Crippen LogP contribution is -2.29. The highest BCUT2D eigenvalue weighted by molar-refractivity contribution is 5.77. The summed E-state index contributed by atoms with van der Waals surface area (Å²) < 4.78 is 36.9. The van der Waals surface area contributed by atoms with Gasteiger partial charge >= 0.3 is 6.18 Å². The van der Waals surface area contributed by atoms with E-state index in [4.69, 9.17) is 0 Å². The van der Waals surface area contributed by atoms with E-state index in [2.05, 4.69) is 5.32 Å². The van der Waals surface area contributed by atoms with Crippen LogP contribution in [0.1, 0.15) is 25.0 Å². The average Bonchev–Trinajstić information content (AvgIpc) is 2.28. The number of hydrogen-bond acceptors (Lipinski definition) is 1. The van der Waals surface area contributed by atoms with Crippen LogP contribution in [0.4, 0.5) is 13.2 Å². The summed E-state index contributed by atoms with van der Waals surface area (Å²) in [6.45, 7) is 4.00. The Morgan fingerprint density at radius 3 is 2.22 bits per heavy atom. The molecule has 0 aliphatic carbocycles. The van der Waals surface area contributed by atoms with E-state index in [1.165, 1.54) is 12.1 Å². The molecule has 5 heteroatoms. The van der Waals surface area contributed by atoms with Crippen LogP contribution in [0.2, 0.25) is 0 Å². The molecule has 0 radical (unpaired) electrons. The van der Waals surface area contributed by atoms with Crippen molar-refractivity contribution in [1.82, 2.24) is 5.32 Å². The van der Waals surface area contributed by atoms with Gasteiger partial charge in [0.1, 0.15) is 0 Å². The van der Waals surface area contributed by atoms with Gasteiger partial charge in [0.15, 0.2) is 0 Å². The van der Waals surface area contributed by atoms with Gasteiger partial charge < -0.3 is 5.32 Å². The number of amides is 1. The number of halogens is 3. The number of rotatable bonds is 4. The maximum atomic E-state index is 12.3. The molecule has 0 atom stereocenters. The molecule has 0 heterocycles. The van der Waals surface area contributed by atoms with Gasteiger partial charge in [0, 0.05) is 12.5 Å². The summed E-state index contributed by atoms with van der Waals surface area (Å²) in [5, 5.41) is 2.71. The lowest BCUT2D eigenvalue weighted by atomic mass is 10.1. The molecule has 0 unspecified atom stereocenters. The Hall–Kier alpha value is -1.52. The number of benzene rings is 1. The monoisotopic (exact) mass is 259 g/mol. The summed E-state index contributed by atoms with van der Waals surface area (Å²) in [5.41, 5.74) is 0.115. The van der Waals surface area contributed by atoms with Crippen LogP contribution in [0, 0.1) is 5.92 Å². The number of nitrogens with one attached hydrogen (secondary N) is 1. The van der Waals surface area contributed by atoms with Crippen LogP contribution in [0.15, 0.2) is 24.3 Å². The molecule has 0 fully saturated rings. The van der Waals surface area contributed by atoms with E-state index in [0.29, 0.717) is 13.0 Å². The van der Waals surface area contributed by atoms with E-state index >= 15 is 0 Å². The van der Waals surface area contributed by atoms with Gasteiger partial charge in [0.2, 0.25) is 5.91 Å². The van der Waals surface area contributed by atoms with Crippen molar-refractivity contribution in [1.29, 1.82) is 0 Å². The minimum atomic E-state index is -4.30. The van der Waals surface area contributed by atoms with Crippen molar-refractivity contribution in [3.8, 4) is 0 Å². The Kier molecular flexibility index (Phi) is 4.76. The third-order valence-corrected chi connectivity index (χ3v) is 2.52. The summed E-state index contributed by atoms with van der Waals surface area (Å²) in [7, 11) is 0. The summed E-state index contributed by atoms with van der Waals surface area (Å²) >= 11 is 0. The van der Waals surface area contributed by atoms with Crippen LogP contribution in [0.5, 0.6) is 0 Å². The molecule has 1 N–H and O–H groups in total. The van der Waals surface area contributed by atoms with Gasteiger partial charge in [-0.25, -0.2) is 0 Å². The minimum Gasteiger partial charge on any atom is -0.356 e. The van der Waals surface area contributed by atoms with Gasteiger partial charge in [0.05, 0.1) is 5.56 Å². The second-order valence-corrected chi connectivity index (χ2v) is 4.39. The summed E-state index contributed by atoms with van der Waals surface area (Å²) in [5.74, 6) is -0.139. The molecule has 0 bridgehead atoms. The van der Waals surface area contributed by atoms with E-state index < -0.39 is 11.7 Å². The maximum Gasteiger partial charge on any atom is 0.416 e. The molecule has 0 saturated heterocycles. The first-order valence-corrected chi connectivity index (χ1v) is 5.74. The van der Waals surface area contributed by atoms with Crippen molar-refractivity contribution in [3.63, 3.8) is 0 Å². The molecular weight excluding hydrogens is 243 g/mol. The van der Waals surface area contributed by atoms with E-state index in [1.807, 2.05) is 0 Å². The van der Waals surface area contributed by atoms with E-state index in [1.54, 1.807) is 13.8 Å². The second-order valence-electron chi connectivity index (χ2n) is 4.39. The first kappa shape index (κ1) is 14.5. The maximum absolute atomic E-state index is 12.3. The molecule has 1 rings (SSSR count). The summed E-state index contributed by atoms with van der Waals surface area (Å²) in [4.78, 5) is 11.3. The zero-order chi connectivity index (χ0) is 13.8. The zero-order valence-corrected chi connectivity index (χ0v) is 10.3. The third-order valence-electron chi connectivity index (χ3n) is 2.52. The predicted molar refractivity (Wildman–Crippen MR) is 63.0 cm³/mol. The Morgan fingerprint density at radius 1 is 1.22 bits per heavy atom. The fourth-order valence-electron chi connectivity index (χ4n) is 1.39. The van der Waals surface area contributed by atoms with Gasteiger partial charge in [-0.2, -0.15) is 13.2 Å². The lowest BCUT2D eigenvalue weighted by Gasteiger charge is -2.09.